The second-order valence-corrected chi connectivity index (χ2v) is 5.36. The monoisotopic (exact) mass is 306 g/mol. The first-order valence-electron chi connectivity index (χ1n) is 5.36. The highest BCUT2D eigenvalue weighted by atomic mass is 79.9. The van der Waals surface area contributed by atoms with E-state index in [2.05, 4.69) is 27.0 Å². The van der Waals surface area contributed by atoms with Gasteiger partial charge in [-0.25, -0.2) is 4.98 Å². The molecule has 0 saturated carbocycles. The van der Waals surface area contributed by atoms with Gasteiger partial charge in [-0.3, -0.25) is 0 Å². The van der Waals surface area contributed by atoms with Crippen LogP contribution in [0.5, 0.6) is 0 Å². The first-order valence-corrected chi connectivity index (χ1v) is 7.03. The van der Waals surface area contributed by atoms with Crippen molar-refractivity contribution in [3.8, 4) is 16.6 Å². The van der Waals surface area contributed by atoms with Gasteiger partial charge < -0.3 is 0 Å². The van der Waals surface area contributed by atoms with Crippen LogP contribution in [0.3, 0.4) is 0 Å². The van der Waals surface area contributed by atoms with Crippen LogP contribution in [-0.2, 0) is 0 Å². The van der Waals surface area contributed by atoms with Crippen LogP contribution in [0.15, 0.2) is 34.1 Å². The molecule has 0 N–H and O–H groups in total. The summed E-state index contributed by atoms with van der Waals surface area (Å²) in [5, 5.41) is 12.0. The van der Waals surface area contributed by atoms with Crippen molar-refractivity contribution in [3.05, 3.63) is 39.8 Å². The van der Waals surface area contributed by atoms with E-state index in [9.17, 15) is 0 Å². The summed E-state index contributed by atoms with van der Waals surface area (Å²) in [6.07, 6.45) is 0.801. The first kappa shape index (κ1) is 12.3. The maximum atomic E-state index is 9.02. The van der Waals surface area contributed by atoms with Crippen LogP contribution in [0.4, 0.5) is 0 Å². The van der Waals surface area contributed by atoms with Crippen LogP contribution in [0.25, 0.3) is 10.6 Å². The molecule has 1 aromatic carbocycles. The van der Waals surface area contributed by atoms with E-state index in [0.29, 0.717) is 0 Å². The lowest BCUT2D eigenvalue weighted by atomic mass is 10.1. The van der Waals surface area contributed by atoms with Crippen molar-refractivity contribution in [1.82, 2.24) is 4.98 Å². The molecule has 0 fully saturated rings. The van der Waals surface area contributed by atoms with Gasteiger partial charge in [-0.15, -0.1) is 11.3 Å². The van der Waals surface area contributed by atoms with Gasteiger partial charge in [0.25, 0.3) is 0 Å². The molecular weight excluding hydrogens is 296 g/mol. The summed E-state index contributed by atoms with van der Waals surface area (Å²) in [6, 6.07) is 10.3. The first-order chi connectivity index (χ1) is 8.26. The minimum absolute atomic E-state index is 0.0949. The molecule has 0 spiro atoms. The van der Waals surface area contributed by atoms with Crippen molar-refractivity contribution in [2.45, 2.75) is 19.3 Å². The van der Waals surface area contributed by atoms with Crippen molar-refractivity contribution in [2.24, 2.45) is 0 Å². The Labute approximate surface area is 113 Å². The Hall–Kier alpha value is -1.18. The van der Waals surface area contributed by atoms with Gasteiger partial charge in [0, 0.05) is 15.4 Å². The van der Waals surface area contributed by atoms with E-state index in [1.54, 1.807) is 11.3 Å². The van der Waals surface area contributed by atoms with E-state index < -0.39 is 0 Å². The third-order valence-electron chi connectivity index (χ3n) is 2.55. The van der Waals surface area contributed by atoms with E-state index in [0.717, 1.165) is 27.2 Å². The van der Waals surface area contributed by atoms with Gasteiger partial charge in [0.2, 0.25) is 0 Å². The Balaban J connectivity index is 2.37. The van der Waals surface area contributed by atoms with Gasteiger partial charge in [0.05, 0.1) is 17.7 Å². The largest absolute Gasteiger partial charge is 0.240 e. The maximum Gasteiger partial charge on any atom is 0.124 e. The summed E-state index contributed by atoms with van der Waals surface area (Å²) >= 11 is 5.10. The third-order valence-corrected chi connectivity index (χ3v) is 4.13. The van der Waals surface area contributed by atoms with Crippen LogP contribution in [0, 0.1) is 11.3 Å². The molecule has 2 rings (SSSR count). The maximum absolute atomic E-state index is 9.02. The van der Waals surface area contributed by atoms with Crippen LogP contribution >= 0.6 is 27.3 Å². The molecule has 0 amide bonds. The molecule has 17 heavy (non-hydrogen) atoms. The van der Waals surface area contributed by atoms with Crippen LogP contribution in [0.1, 0.15) is 25.0 Å². The lowest BCUT2D eigenvalue weighted by Crippen LogP contribution is -1.93. The number of aromatic nitrogens is 1. The predicted octanol–water partition coefficient (Wildman–Crippen LogP) is 4.59. The van der Waals surface area contributed by atoms with E-state index in [4.69, 9.17) is 5.26 Å². The summed E-state index contributed by atoms with van der Waals surface area (Å²) < 4.78 is 1.03. The van der Waals surface area contributed by atoms with Crippen LogP contribution in [0.2, 0.25) is 0 Å². The Morgan fingerprint density at radius 3 is 2.88 bits per heavy atom. The standard InChI is InChI=1S/C13H11BrN2S/c1-2-9(7-15)12-8-17-13(16-12)10-5-3-4-6-11(10)14/h3-6,8-9H,2H2,1H3. The number of hydrogen-bond donors (Lipinski definition) is 0. The number of rotatable bonds is 3. The highest BCUT2D eigenvalue weighted by Crippen LogP contribution is 2.32. The fourth-order valence-electron chi connectivity index (χ4n) is 1.57. The number of thiazole rings is 1. The zero-order valence-electron chi connectivity index (χ0n) is 9.35. The van der Waals surface area contributed by atoms with Gasteiger partial charge in [0.15, 0.2) is 0 Å². The van der Waals surface area contributed by atoms with Crippen molar-refractivity contribution < 1.29 is 0 Å². The van der Waals surface area contributed by atoms with Crippen LogP contribution < -0.4 is 0 Å². The molecule has 1 aromatic heterocycles. The normalized spacial score (nSPS) is 12.1. The van der Waals surface area contributed by atoms with Crippen LogP contribution in [-0.4, -0.2) is 4.98 Å². The number of hydrogen-bond acceptors (Lipinski definition) is 3. The van der Waals surface area contributed by atoms with E-state index in [1.807, 2.05) is 36.6 Å². The Morgan fingerprint density at radius 1 is 1.47 bits per heavy atom. The average molecular weight is 307 g/mol. The molecule has 1 unspecified atom stereocenters. The molecule has 2 nitrogen and oxygen atoms in total. The molecular formula is C13H11BrN2S. The summed E-state index contributed by atoms with van der Waals surface area (Å²) in [4.78, 5) is 4.55. The molecule has 86 valence electrons. The summed E-state index contributed by atoms with van der Waals surface area (Å²) in [5.41, 5.74) is 1.96. The Morgan fingerprint density at radius 2 is 2.24 bits per heavy atom. The second kappa shape index (κ2) is 5.44. The average Bonchev–Trinajstić information content (AvgIpc) is 2.81. The molecule has 0 bridgehead atoms. The lowest BCUT2D eigenvalue weighted by Gasteiger charge is -2.01. The highest BCUT2D eigenvalue weighted by molar-refractivity contribution is 9.10. The van der Waals surface area contributed by atoms with Crippen molar-refractivity contribution in [3.63, 3.8) is 0 Å². The van der Waals surface area contributed by atoms with E-state index in [-0.39, 0.29) is 5.92 Å². The number of benzene rings is 1. The Kier molecular flexibility index (Phi) is 3.93. The summed E-state index contributed by atoms with van der Waals surface area (Å²) in [6.45, 7) is 2.01. The highest BCUT2D eigenvalue weighted by Gasteiger charge is 2.14. The zero-order chi connectivity index (χ0) is 12.3. The summed E-state index contributed by atoms with van der Waals surface area (Å²) in [7, 11) is 0. The SMILES string of the molecule is CCC(C#N)c1csc(-c2ccccc2Br)n1. The van der Waals surface area contributed by atoms with Gasteiger partial charge >= 0.3 is 0 Å². The number of halogens is 1. The predicted molar refractivity (Wildman–Crippen MR) is 73.9 cm³/mol. The summed E-state index contributed by atoms with van der Waals surface area (Å²) in [5.74, 6) is -0.0949. The second-order valence-electron chi connectivity index (χ2n) is 3.65. The molecule has 1 heterocycles. The van der Waals surface area contributed by atoms with Crippen molar-refractivity contribution in [1.29, 1.82) is 5.26 Å². The Bertz CT molecular complexity index is 557. The molecule has 0 aliphatic heterocycles. The fraction of sp³-hybridized carbons (Fsp3) is 0.231. The minimum atomic E-state index is -0.0949. The zero-order valence-corrected chi connectivity index (χ0v) is 11.8. The smallest absolute Gasteiger partial charge is 0.124 e. The number of nitriles is 1. The van der Waals surface area contributed by atoms with E-state index in [1.165, 1.54) is 0 Å². The van der Waals surface area contributed by atoms with Gasteiger partial charge in [-0.05, 0) is 12.5 Å². The molecule has 0 aliphatic carbocycles. The molecule has 0 aliphatic rings. The van der Waals surface area contributed by atoms with Crippen molar-refractivity contribution in [2.75, 3.05) is 0 Å². The topological polar surface area (TPSA) is 36.7 Å². The molecule has 1 atom stereocenters. The van der Waals surface area contributed by atoms with Gasteiger partial charge in [0.1, 0.15) is 5.01 Å². The molecule has 0 saturated heterocycles. The molecule has 2 aromatic rings. The molecule has 4 heteroatoms. The van der Waals surface area contributed by atoms with E-state index >= 15 is 0 Å². The quantitative estimate of drug-likeness (QED) is 0.831. The fourth-order valence-corrected chi connectivity index (χ4v) is 3.09. The third kappa shape index (κ3) is 2.56. The lowest BCUT2D eigenvalue weighted by molar-refractivity contribution is 0.795. The number of nitrogens with zero attached hydrogens (tertiary/aromatic N) is 2. The van der Waals surface area contributed by atoms with Gasteiger partial charge in [-0.1, -0.05) is 41.1 Å². The minimum Gasteiger partial charge on any atom is -0.240 e. The van der Waals surface area contributed by atoms with Crippen molar-refractivity contribution >= 4 is 27.3 Å². The molecule has 0 radical (unpaired) electrons. The van der Waals surface area contributed by atoms with Gasteiger partial charge in [-0.2, -0.15) is 5.26 Å².